The molecule has 0 aliphatic carbocycles. The number of benzene rings is 3. The van der Waals surface area contributed by atoms with Gasteiger partial charge in [-0.25, -0.2) is 4.79 Å². The predicted octanol–water partition coefficient (Wildman–Crippen LogP) is 3.52. The van der Waals surface area contributed by atoms with Crippen LogP contribution < -0.4 is 5.32 Å². The third-order valence-electron chi connectivity index (χ3n) is 4.90. The van der Waals surface area contributed by atoms with Gasteiger partial charge in [-0.1, -0.05) is 54.1 Å². The van der Waals surface area contributed by atoms with Crippen molar-refractivity contribution >= 4 is 44.9 Å². The SMILES string of the molecule is COC(=O)c1ccccc1NC(=O)CN1N=C(c2ccccc2)c2cc(Cl)ccc2S1(=O)=O. The summed E-state index contributed by atoms with van der Waals surface area (Å²) in [5.74, 6) is -1.31. The minimum absolute atomic E-state index is 0.0106. The molecule has 8 nitrogen and oxygen atoms in total. The van der Waals surface area contributed by atoms with E-state index in [2.05, 4.69) is 10.4 Å². The van der Waals surface area contributed by atoms with E-state index in [4.69, 9.17) is 16.3 Å². The molecule has 0 spiro atoms. The molecule has 1 N–H and O–H groups in total. The van der Waals surface area contributed by atoms with Gasteiger partial charge in [-0.15, -0.1) is 0 Å². The molecule has 33 heavy (non-hydrogen) atoms. The second-order valence-corrected chi connectivity index (χ2v) is 9.27. The molecule has 0 radical (unpaired) electrons. The number of rotatable bonds is 5. The molecule has 0 aromatic heterocycles. The Hall–Kier alpha value is -3.69. The van der Waals surface area contributed by atoms with Crippen molar-refractivity contribution in [1.29, 1.82) is 0 Å². The van der Waals surface area contributed by atoms with Crippen LogP contribution in [0.15, 0.2) is 82.8 Å². The molecule has 0 fully saturated rings. The number of ether oxygens (including phenoxy) is 1. The summed E-state index contributed by atoms with van der Waals surface area (Å²) >= 11 is 6.12. The standard InChI is InChI=1S/C23H18ClN3O5S/c1-32-23(29)17-9-5-6-10-19(17)25-21(28)14-27-26-22(15-7-3-2-4-8-15)18-13-16(24)11-12-20(18)33(27,30)31/h2-13H,14H2,1H3,(H,25,28). The van der Waals surface area contributed by atoms with Gasteiger partial charge in [0.05, 0.1) is 23.3 Å². The van der Waals surface area contributed by atoms with Crippen LogP contribution in [0.25, 0.3) is 0 Å². The second-order valence-electron chi connectivity index (χ2n) is 7.03. The normalized spacial score (nSPS) is 14.1. The van der Waals surface area contributed by atoms with Crippen molar-refractivity contribution in [2.45, 2.75) is 4.90 Å². The second kappa shape index (κ2) is 9.05. The summed E-state index contributed by atoms with van der Waals surface area (Å²) in [6.07, 6.45) is 0. The summed E-state index contributed by atoms with van der Waals surface area (Å²) in [4.78, 5) is 24.7. The Labute approximate surface area is 195 Å². The first-order valence-corrected chi connectivity index (χ1v) is 11.6. The van der Waals surface area contributed by atoms with E-state index in [1.165, 1.54) is 37.4 Å². The van der Waals surface area contributed by atoms with Crippen molar-refractivity contribution in [2.75, 3.05) is 19.0 Å². The molecule has 3 aromatic rings. The van der Waals surface area contributed by atoms with Gasteiger partial charge in [0.2, 0.25) is 5.91 Å². The van der Waals surface area contributed by atoms with Crippen molar-refractivity contribution in [3.05, 3.63) is 94.5 Å². The summed E-state index contributed by atoms with van der Waals surface area (Å²) in [6, 6.07) is 19.6. The van der Waals surface area contributed by atoms with Crippen LogP contribution in [0.2, 0.25) is 5.02 Å². The van der Waals surface area contributed by atoms with Crippen molar-refractivity contribution in [1.82, 2.24) is 4.41 Å². The van der Waals surface area contributed by atoms with Crippen LogP contribution in [-0.2, 0) is 19.6 Å². The van der Waals surface area contributed by atoms with Crippen LogP contribution in [0.5, 0.6) is 0 Å². The van der Waals surface area contributed by atoms with Gasteiger partial charge in [0, 0.05) is 16.1 Å². The highest BCUT2D eigenvalue weighted by atomic mass is 35.5. The van der Waals surface area contributed by atoms with E-state index in [0.717, 1.165) is 4.41 Å². The smallest absolute Gasteiger partial charge is 0.339 e. The lowest BCUT2D eigenvalue weighted by molar-refractivity contribution is -0.116. The fourth-order valence-corrected chi connectivity index (χ4v) is 4.92. The minimum Gasteiger partial charge on any atom is -0.465 e. The van der Waals surface area contributed by atoms with Gasteiger partial charge in [-0.2, -0.15) is 17.9 Å². The maximum Gasteiger partial charge on any atom is 0.339 e. The first-order valence-electron chi connectivity index (χ1n) is 9.75. The summed E-state index contributed by atoms with van der Waals surface area (Å²) < 4.78 is 31.9. The number of carbonyl (C=O) groups excluding carboxylic acids is 2. The number of anilines is 1. The molecule has 0 saturated heterocycles. The number of esters is 1. The molecule has 4 rings (SSSR count). The van der Waals surface area contributed by atoms with E-state index in [1.54, 1.807) is 36.4 Å². The van der Waals surface area contributed by atoms with Crippen molar-refractivity contribution in [3.8, 4) is 0 Å². The molecule has 1 amide bonds. The molecular formula is C23H18ClN3O5S. The number of methoxy groups -OCH3 is 1. The predicted molar refractivity (Wildman–Crippen MR) is 124 cm³/mol. The number of hydrazone groups is 1. The number of hydrogen-bond donors (Lipinski definition) is 1. The molecule has 1 aliphatic rings. The lowest BCUT2D eigenvalue weighted by Gasteiger charge is -2.27. The molecule has 0 saturated carbocycles. The van der Waals surface area contributed by atoms with Crippen LogP contribution in [0.3, 0.4) is 0 Å². The van der Waals surface area contributed by atoms with Gasteiger partial charge < -0.3 is 10.1 Å². The summed E-state index contributed by atoms with van der Waals surface area (Å²) in [6.45, 7) is -0.601. The summed E-state index contributed by atoms with van der Waals surface area (Å²) in [5.41, 5.74) is 1.72. The number of nitrogens with zero attached hydrogens (tertiary/aromatic N) is 2. The van der Waals surface area contributed by atoms with Crippen LogP contribution in [0.1, 0.15) is 21.5 Å². The lowest BCUT2D eigenvalue weighted by Crippen LogP contribution is -2.38. The first-order chi connectivity index (χ1) is 15.8. The Bertz CT molecular complexity index is 1370. The Kier molecular flexibility index (Phi) is 6.17. The Morgan fingerprint density at radius 2 is 1.73 bits per heavy atom. The van der Waals surface area contributed by atoms with E-state index in [1.807, 2.05) is 6.07 Å². The zero-order chi connectivity index (χ0) is 23.6. The number of sulfonamides is 1. The number of amides is 1. The van der Waals surface area contributed by atoms with Crippen LogP contribution in [0, 0.1) is 0 Å². The highest BCUT2D eigenvalue weighted by Gasteiger charge is 2.34. The fourth-order valence-electron chi connectivity index (χ4n) is 3.37. The number of fused-ring (bicyclic) bond motifs is 1. The van der Waals surface area contributed by atoms with Gasteiger partial charge in [0.1, 0.15) is 12.3 Å². The van der Waals surface area contributed by atoms with Gasteiger partial charge in [0.25, 0.3) is 10.0 Å². The monoisotopic (exact) mass is 483 g/mol. The molecule has 168 valence electrons. The van der Waals surface area contributed by atoms with E-state index in [9.17, 15) is 18.0 Å². The van der Waals surface area contributed by atoms with Crippen molar-refractivity contribution in [3.63, 3.8) is 0 Å². The highest BCUT2D eigenvalue weighted by molar-refractivity contribution is 7.89. The van der Waals surface area contributed by atoms with E-state index in [0.29, 0.717) is 21.9 Å². The average Bonchev–Trinajstić information content (AvgIpc) is 2.81. The Balaban J connectivity index is 1.70. The highest BCUT2D eigenvalue weighted by Crippen LogP contribution is 2.31. The van der Waals surface area contributed by atoms with Gasteiger partial charge in [0.15, 0.2) is 0 Å². The number of nitrogens with one attached hydrogen (secondary N) is 1. The molecule has 3 aromatic carbocycles. The number of para-hydroxylation sites is 1. The zero-order valence-corrected chi connectivity index (χ0v) is 18.9. The van der Waals surface area contributed by atoms with Crippen LogP contribution >= 0.6 is 11.6 Å². The van der Waals surface area contributed by atoms with E-state index >= 15 is 0 Å². The Morgan fingerprint density at radius 3 is 2.45 bits per heavy atom. The third kappa shape index (κ3) is 4.46. The fraction of sp³-hybridized carbons (Fsp3) is 0.0870. The van der Waals surface area contributed by atoms with Gasteiger partial charge in [-0.05, 0) is 30.3 Å². The minimum atomic E-state index is -4.12. The molecule has 0 bridgehead atoms. The van der Waals surface area contributed by atoms with Crippen LogP contribution in [0.4, 0.5) is 5.69 Å². The summed E-state index contributed by atoms with van der Waals surface area (Å²) in [5, 5.41) is 7.22. The van der Waals surface area contributed by atoms with Gasteiger partial charge >= 0.3 is 5.97 Å². The number of hydrogen-bond acceptors (Lipinski definition) is 6. The first kappa shape index (κ1) is 22.5. The third-order valence-corrected chi connectivity index (χ3v) is 6.81. The number of carbonyl (C=O) groups is 2. The summed E-state index contributed by atoms with van der Waals surface area (Å²) in [7, 11) is -2.90. The van der Waals surface area contributed by atoms with Crippen molar-refractivity contribution in [2.24, 2.45) is 5.10 Å². The molecule has 1 aliphatic heterocycles. The van der Waals surface area contributed by atoms with Gasteiger partial charge in [-0.3, -0.25) is 4.79 Å². The zero-order valence-electron chi connectivity index (χ0n) is 17.4. The van der Waals surface area contributed by atoms with E-state index < -0.39 is 28.4 Å². The maximum atomic E-state index is 13.2. The Morgan fingerprint density at radius 1 is 1.03 bits per heavy atom. The quantitative estimate of drug-likeness (QED) is 0.559. The topological polar surface area (TPSA) is 105 Å². The number of halogens is 1. The maximum absolute atomic E-state index is 13.2. The largest absolute Gasteiger partial charge is 0.465 e. The molecule has 10 heteroatoms. The molecule has 0 atom stereocenters. The molecule has 0 unspecified atom stereocenters. The van der Waals surface area contributed by atoms with Crippen LogP contribution in [-0.4, -0.2) is 44.1 Å². The molecule has 1 heterocycles. The lowest BCUT2D eigenvalue weighted by atomic mass is 10.0. The van der Waals surface area contributed by atoms with Crippen molar-refractivity contribution < 1.29 is 22.7 Å². The average molecular weight is 484 g/mol. The van der Waals surface area contributed by atoms with E-state index in [-0.39, 0.29) is 16.1 Å². The molecular weight excluding hydrogens is 466 g/mol.